The molecule has 3 aliphatic rings. The second-order valence-electron chi connectivity index (χ2n) is 13.2. The molecule has 24 heteroatoms. The standard InChI is InChI=1S/C36H9F15N6S3/c37-58(38,39,40,41)19-1-4-22-25(7-19)28(16(10-52)11-53)34-31(22)35-29(17(12-54)13-55)26-8-20(59(42,43,44,45)46)2-5-23(26)33(35)36-30(18(14-56)15-57)27-9-21(60(47,48,49,50)51)3-6-24(27)32(34)36/h1-9H. The van der Waals surface area contributed by atoms with Crippen LogP contribution in [0.3, 0.4) is 0 Å². The van der Waals surface area contributed by atoms with Crippen molar-refractivity contribution in [2.45, 2.75) is 14.7 Å². The number of nitriles is 6. The number of allylic oxidation sites excluding steroid dienone is 3. The van der Waals surface area contributed by atoms with Crippen molar-refractivity contribution in [2.75, 3.05) is 0 Å². The molecular formula is C36H9F15N6S3. The summed E-state index contributed by atoms with van der Waals surface area (Å²) in [4.78, 5) is -7.97. The summed E-state index contributed by atoms with van der Waals surface area (Å²) in [5.74, 6) is 0. The van der Waals surface area contributed by atoms with Crippen LogP contribution < -0.4 is 0 Å². The Morgan fingerprint density at radius 2 is 0.500 bits per heavy atom. The van der Waals surface area contributed by atoms with E-state index < -0.39 is 146 Å². The molecule has 0 amide bonds. The van der Waals surface area contributed by atoms with E-state index in [0.717, 1.165) is 0 Å². The summed E-state index contributed by atoms with van der Waals surface area (Å²) in [6.45, 7) is 0. The third-order valence-electron chi connectivity index (χ3n) is 9.60. The van der Waals surface area contributed by atoms with Crippen LogP contribution >= 0.6 is 30.7 Å². The van der Waals surface area contributed by atoms with Gasteiger partial charge in [-0.2, -0.15) is 31.6 Å². The summed E-state index contributed by atoms with van der Waals surface area (Å²) < 4.78 is 215. The van der Waals surface area contributed by atoms with Crippen LogP contribution in [-0.4, -0.2) is 0 Å². The van der Waals surface area contributed by atoms with Gasteiger partial charge < -0.3 is 0 Å². The summed E-state index contributed by atoms with van der Waals surface area (Å²) >= 11 is 0. The first-order valence-electron chi connectivity index (χ1n) is 15.5. The average Bonchev–Trinajstić information content (AvgIpc) is 3.73. The molecule has 0 heterocycles. The minimum Gasteiger partial charge on any atom is -0.192 e. The molecule has 0 spiro atoms. The van der Waals surface area contributed by atoms with Crippen molar-refractivity contribution in [2.24, 2.45) is 0 Å². The lowest BCUT2D eigenvalue weighted by molar-refractivity contribution is 0.360. The Hall–Kier alpha value is -6.96. The molecule has 0 aliphatic heterocycles. The van der Waals surface area contributed by atoms with Crippen molar-refractivity contribution >= 4 is 47.4 Å². The number of hydrogen-bond acceptors (Lipinski definition) is 6. The van der Waals surface area contributed by atoms with E-state index >= 15 is 0 Å². The van der Waals surface area contributed by atoms with Crippen molar-refractivity contribution in [3.63, 3.8) is 0 Å². The Morgan fingerprint density at radius 1 is 0.300 bits per heavy atom. The molecule has 4 aromatic rings. The van der Waals surface area contributed by atoms with Gasteiger partial charge in [-0.25, -0.2) is 0 Å². The van der Waals surface area contributed by atoms with Crippen LogP contribution in [0, 0.1) is 68.0 Å². The van der Waals surface area contributed by atoms with Gasteiger partial charge in [0.25, 0.3) is 0 Å². The molecule has 4 aromatic carbocycles. The molecule has 0 saturated carbocycles. The Bertz CT molecular complexity index is 2840. The van der Waals surface area contributed by atoms with Gasteiger partial charge in [-0.15, -0.1) is 0 Å². The maximum atomic E-state index is 14.3. The van der Waals surface area contributed by atoms with Crippen molar-refractivity contribution in [3.8, 4) is 69.8 Å². The highest BCUT2D eigenvalue weighted by molar-refractivity contribution is 8.46. The maximum absolute atomic E-state index is 14.3. The Kier molecular flexibility index (Phi) is 6.91. The summed E-state index contributed by atoms with van der Waals surface area (Å²) in [5, 5.41) is 60.3. The van der Waals surface area contributed by atoms with Crippen LogP contribution in [0.1, 0.15) is 33.4 Å². The number of fused-ring (bicyclic) bond motifs is 12. The average molecular weight is 907 g/mol. The van der Waals surface area contributed by atoms with E-state index in [1.807, 2.05) is 0 Å². The largest absolute Gasteiger partial charge is 0.310 e. The molecule has 0 radical (unpaired) electrons. The highest BCUT2D eigenvalue weighted by Crippen LogP contribution is 3.04. The van der Waals surface area contributed by atoms with Crippen LogP contribution in [0.5, 0.6) is 0 Å². The molecule has 0 unspecified atom stereocenters. The van der Waals surface area contributed by atoms with E-state index in [1.165, 1.54) is 36.4 Å². The quantitative estimate of drug-likeness (QED) is 0.128. The Morgan fingerprint density at radius 3 is 0.667 bits per heavy atom. The summed E-state index contributed by atoms with van der Waals surface area (Å²) in [7, 11) is -32.2. The van der Waals surface area contributed by atoms with Crippen molar-refractivity contribution in [1.29, 1.82) is 31.6 Å². The zero-order chi connectivity index (χ0) is 45.0. The highest BCUT2D eigenvalue weighted by Gasteiger charge is 2.68. The van der Waals surface area contributed by atoms with Crippen LogP contribution in [-0.2, 0) is 0 Å². The number of nitrogens with zero attached hydrogens (tertiary/aromatic N) is 6. The van der Waals surface area contributed by atoms with Crippen LogP contribution in [0.15, 0.2) is 86.0 Å². The summed E-state index contributed by atoms with van der Waals surface area (Å²) in [6, 6.07) is 7.56. The maximum Gasteiger partial charge on any atom is 0.310 e. The zero-order valence-corrected chi connectivity index (χ0v) is 30.7. The van der Waals surface area contributed by atoms with Gasteiger partial charge in [0.15, 0.2) is 0 Å². The predicted octanol–water partition coefficient (Wildman–Crippen LogP) is 15.1. The van der Waals surface area contributed by atoms with Gasteiger partial charge in [-0.05, 0) is 86.5 Å². The normalized spacial score (nSPS) is 16.9. The summed E-state index contributed by atoms with van der Waals surface area (Å²) in [5.41, 5.74) is -16.8. The smallest absolute Gasteiger partial charge is 0.192 e. The molecule has 0 N–H and O–H groups in total. The lowest BCUT2D eigenvalue weighted by Crippen LogP contribution is -2.06. The molecule has 0 fully saturated rings. The summed E-state index contributed by atoms with van der Waals surface area (Å²) in [6.07, 6.45) is 0. The molecule has 0 saturated heterocycles. The van der Waals surface area contributed by atoms with E-state index in [2.05, 4.69) is 0 Å². The first kappa shape index (κ1) is 41.2. The lowest BCUT2D eigenvalue weighted by atomic mass is 9.82. The van der Waals surface area contributed by atoms with Gasteiger partial charge in [0.05, 0.1) is 0 Å². The number of benzene rings is 4. The van der Waals surface area contributed by atoms with Crippen molar-refractivity contribution in [3.05, 3.63) is 105 Å². The second-order valence-corrected chi connectivity index (χ2v) is 20.4. The van der Waals surface area contributed by atoms with Crippen molar-refractivity contribution < 1.29 is 58.3 Å². The van der Waals surface area contributed by atoms with Gasteiger partial charge in [0, 0.05) is 33.4 Å². The molecule has 3 aliphatic carbocycles. The van der Waals surface area contributed by atoms with Gasteiger partial charge in [-0.1, -0.05) is 76.5 Å². The SMILES string of the molecule is N#CC(C#N)=C1c2cc(S(F)(F)(F)(F)F)ccc2-c2c1c1c(c3c2C(=C(C#N)C#N)c2cc(S(F)(F)(F)(F)F)ccc2-3)C(=C(C#N)C#N)c2cc(S(F)(F)(F)(F)F)ccc2-1. The highest BCUT2D eigenvalue weighted by atomic mass is 32.5. The molecule has 0 bridgehead atoms. The van der Waals surface area contributed by atoms with E-state index in [-0.39, 0.29) is 36.4 Å². The molecule has 306 valence electrons. The van der Waals surface area contributed by atoms with Gasteiger partial charge in [-0.3, -0.25) is 0 Å². The first-order valence-corrected chi connectivity index (χ1v) is 21.3. The fourth-order valence-corrected chi connectivity index (χ4v) is 9.46. The van der Waals surface area contributed by atoms with Gasteiger partial charge >= 0.3 is 30.7 Å². The fourth-order valence-electron chi connectivity index (χ4n) is 7.47. The van der Waals surface area contributed by atoms with Crippen LogP contribution in [0.2, 0.25) is 0 Å². The molecular weight excluding hydrogens is 898 g/mol. The van der Waals surface area contributed by atoms with Crippen LogP contribution in [0.25, 0.3) is 50.1 Å². The Balaban J connectivity index is 1.87. The van der Waals surface area contributed by atoms with E-state index in [1.54, 1.807) is 0 Å². The number of rotatable bonds is 3. The van der Waals surface area contributed by atoms with Crippen molar-refractivity contribution in [1.82, 2.24) is 0 Å². The van der Waals surface area contributed by atoms with Gasteiger partial charge in [0.1, 0.15) is 67.8 Å². The molecule has 0 aromatic heterocycles. The van der Waals surface area contributed by atoms with E-state index in [0.29, 0.717) is 18.2 Å². The monoisotopic (exact) mass is 906 g/mol. The minimum atomic E-state index is -10.7. The third-order valence-corrected chi connectivity index (χ3v) is 13.0. The molecule has 7 rings (SSSR count). The van der Waals surface area contributed by atoms with Crippen LogP contribution in [0.4, 0.5) is 58.3 Å². The lowest BCUT2D eigenvalue weighted by Gasteiger charge is -2.40. The molecule has 0 atom stereocenters. The predicted molar refractivity (Wildman–Crippen MR) is 189 cm³/mol. The Labute approximate surface area is 325 Å². The van der Waals surface area contributed by atoms with E-state index in [9.17, 15) is 89.9 Å². The fraction of sp³-hybridized carbons (Fsp3) is 0. The van der Waals surface area contributed by atoms with E-state index in [4.69, 9.17) is 0 Å². The molecule has 6 nitrogen and oxygen atoms in total. The number of halogens is 15. The zero-order valence-electron chi connectivity index (χ0n) is 28.3. The topological polar surface area (TPSA) is 143 Å². The third kappa shape index (κ3) is 5.99. The molecule has 60 heavy (non-hydrogen) atoms. The first-order chi connectivity index (χ1) is 26.9. The van der Waals surface area contributed by atoms with Gasteiger partial charge in [0.2, 0.25) is 0 Å². The minimum absolute atomic E-state index is 0.192. The second kappa shape index (κ2) is 10.1. The number of hydrogen-bond donors (Lipinski definition) is 0.